The second kappa shape index (κ2) is 10.7. The summed E-state index contributed by atoms with van der Waals surface area (Å²) in [5.41, 5.74) is 3.61. The third-order valence-corrected chi connectivity index (χ3v) is 4.14. The van der Waals surface area contributed by atoms with Crippen molar-refractivity contribution < 1.29 is 0 Å². The van der Waals surface area contributed by atoms with Crippen LogP contribution in [0.1, 0.15) is 29.7 Å². The highest BCUT2D eigenvalue weighted by molar-refractivity contribution is 14.0. The molecule has 3 rings (SSSR count). The minimum Gasteiger partial charge on any atom is -0.352 e. The van der Waals surface area contributed by atoms with Gasteiger partial charge >= 0.3 is 0 Å². The first-order valence-corrected chi connectivity index (χ1v) is 8.67. The molecule has 1 unspecified atom stereocenters. The summed E-state index contributed by atoms with van der Waals surface area (Å²) >= 11 is 0. The zero-order chi connectivity index (χ0) is 18.2. The molecule has 3 aromatic rings. The van der Waals surface area contributed by atoms with Gasteiger partial charge in [-0.3, -0.25) is 4.99 Å². The van der Waals surface area contributed by atoms with Crippen LogP contribution in [0.2, 0.25) is 0 Å². The van der Waals surface area contributed by atoms with Crippen LogP contribution in [0.5, 0.6) is 0 Å². The molecule has 27 heavy (non-hydrogen) atoms. The highest BCUT2D eigenvalue weighted by atomic mass is 127. The summed E-state index contributed by atoms with van der Waals surface area (Å²) in [6.45, 7) is 3.54. The predicted molar refractivity (Wildman–Crippen MR) is 119 cm³/mol. The standard InChI is InChI=1S/C20H24N6.HI/c1-16(19-9-4-3-5-10-19)25-20(21-2)23-12-17-7-6-8-18(11-17)13-26-15-22-14-24-26;/h3-11,14-16H,12-13H2,1-2H3,(H2,21,23,25);1H. The molecule has 0 amide bonds. The van der Waals surface area contributed by atoms with E-state index in [2.05, 4.69) is 69.0 Å². The second-order valence-corrected chi connectivity index (χ2v) is 6.12. The average molecular weight is 476 g/mol. The number of halogens is 1. The number of benzene rings is 2. The smallest absolute Gasteiger partial charge is 0.191 e. The zero-order valence-corrected chi connectivity index (χ0v) is 17.9. The Hall–Kier alpha value is -2.42. The number of nitrogens with one attached hydrogen (secondary N) is 2. The summed E-state index contributed by atoms with van der Waals surface area (Å²) in [6, 6.07) is 18.9. The molecule has 6 nitrogen and oxygen atoms in total. The summed E-state index contributed by atoms with van der Waals surface area (Å²) in [4.78, 5) is 8.30. The molecule has 0 aliphatic carbocycles. The fraction of sp³-hybridized carbons (Fsp3) is 0.250. The lowest BCUT2D eigenvalue weighted by molar-refractivity contribution is 0.679. The Balaban J connectivity index is 0.00000261. The largest absolute Gasteiger partial charge is 0.352 e. The van der Waals surface area contributed by atoms with Gasteiger partial charge in [0.1, 0.15) is 12.7 Å². The maximum Gasteiger partial charge on any atom is 0.191 e. The predicted octanol–water partition coefficient (Wildman–Crippen LogP) is 3.37. The van der Waals surface area contributed by atoms with Crippen LogP contribution in [-0.2, 0) is 13.1 Å². The number of hydrogen-bond acceptors (Lipinski definition) is 3. The molecular weight excluding hydrogens is 451 g/mol. The van der Waals surface area contributed by atoms with Crippen LogP contribution >= 0.6 is 24.0 Å². The molecule has 1 atom stereocenters. The Bertz CT molecular complexity index is 833. The van der Waals surface area contributed by atoms with Crippen molar-refractivity contribution in [2.75, 3.05) is 7.05 Å². The van der Waals surface area contributed by atoms with Gasteiger partial charge in [-0.15, -0.1) is 24.0 Å². The molecule has 2 N–H and O–H groups in total. The van der Waals surface area contributed by atoms with Gasteiger partial charge in [0.05, 0.1) is 12.6 Å². The molecular formula is C20H25IN6. The van der Waals surface area contributed by atoms with Crippen LogP contribution in [0.15, 0.2) is 72.2 Å². The molecule has 1 aromatic heterocycles. The SMILES string of the molecule is CN=C(NCc1cccc(Cn2cncn2)c1)NC(C)c1ccccc1.I. The van der Waals surface area contributed by atoms with Crippen molar-refractivity contribution in [3.05, 3.63) is 83.9 Å². The fourth-order valence-corrected chi connectivity index (χ4v) is 2.75. The number of rotatable bonds is 6. The molecule has 0 aliphatic heterocycles. The monoisotopic (exact) mass is 476 g/mol. The minimum atomic E-state index is 0. The number of hydrogen-bond donors (Lipinski definition) is 2. The number of nitrogens with zero attached hydrogens (tertiary/aromatic N) is 4. The third-order valence-electron chi connectivity index (χ3n) is 4.14. The Labute approximate surface area is 177 Å². The maximum atomic E-state index is 4.32. The van der Waals surface area contributed by atoms with E-state index in [9.17, 15) is 0 Å². The average Bonchev–Trinajstić information content (AvgIpc) is 3.19. The Morgan fingerprint density at radius 2 is 1.89 bits per heavy atom. The van der Waals surface area contributed by atoms with Gasteiger partial charge in [0.15, 0.2) is 5.96 Å². The van der Waals surface area contributed by atoms with Crippen molar-refractivity contribution >= 4 is 29.9 Å². The Morgan fingerprint density at radius 1 is 1.11 bits per heavy atom. The van der Waals surface area contributed by atoms with Gasteiger partial charge in [-0.1, -0.05) is 54.6 Å². The fourth-order valence-electron chi connectivity index (χ4n) is 2.75. The molecule has 7 heteroatoms. The van der Waals surface area contributed by atoms with Crippen molar-refractivity contribution in [1.29, 1.82) is 0 Å². The number of aliphatic imine (C=N–C) groups is 1. The van der Waals surface area contributed by atoms with Crippen molar-refractivity contribution in [2.45, 2.75) is 26.1 Å². The van der Waals surface area contributed by atoms with Crippen LogP contribution in [-0.4, -0.2) is 27.8 Å². The summed E-state index contributed by atoms with van der Waals surface area (Å²) < 4.78 is 1.81. The summed E-state index contributed by atoms with van der Waals surface area (Å²) in [5.74, 6) is 0.781. The van der Waals surface area contributed by atoms with E-state index in [0.717, 1.165) is 5.96 Å². The molecule has 142 valence electrons. The van der Waals surface area contributed by atoms with E-state index >= 15 is 0 Å². The van der Waals surface area contributed by atoms with Crippen LogP contribution < -0.4 is 10.6 Å². The van der Waals surface area contributed by atoms with E-state index in [1.54, 1.807) is 19.7 Å². The van der Waals surface area contributed by atoms with E-state index in [-0.39, 0.29) is 30.0 Å². The van der Waals surface area contributed by atoms with Gasteiger partial charge in [0.25, 0.3) is 0 Å². The topological polar surface area (TPSA) is 67.1 Å². The van der Waals surface area contributed by atoms with Gasteiger partial charge in [-0.2, -0.15) is 5.10 Å². The van der Waals surface area contributed by atoms with Gasteiger partial charge in [-0.05, 0) is 23.6 Å². The van der Waals surface area contributed by atoms with E-state index < -0.39 is 0 Å². The van der Waals surface area contributed by atoms with E-state index in [1.807, 2.05) is 22.9 Å². The van der Waals surface area contributed by atoms with Crippen LogP contribution in [0.4, 0.5) is 0 Å². The van der Waals surface area contributed by atoms with Crippen LogP contribution in [0.3, 0.4) is 0 Å². The van der Waals surface area contributed by atoms with Gasteiger partial charge < -0.3 is 10.6 Å². The molecule has 0 saturated heterocycles. The first-order chi connectivity index (χ1) is 12.7. The second-order valence-electron chi connectivity index (χ2n) is 6.12. The van der Waals surface area contributed by atoms with Crippen LogP contribution in [0, 0.1) is 0 Å². The molecule has 1 heterocycles. The lowest BCUT2D eigenvalue weighted by Crippen LogP contribution is -2.38. The molecule has 0 spiro atoms. The van der Waals surface area contributed by atoms with E-state index in [4.69, 9.17) is 0 Å². The molecule has 0 saturated carbocycles. The van der Waals surface area contributed by atoms with Crippen molar-refractivity contribution in [2.24, 2.45) is 4.99 Å². The van der Waals surface area contributed by atoms with Crippen molar-refractivity contribution in [1.82, 2.24) is 25.4 Å². The summed E-state index contributed by atoms with van der Waals surface area (Å²) in [5, 5.41) is 10.9. The van der Waals surface area contributed by atoms with Crippen LogP contribution in [0.25, 0.3) is 0 Å². The van der Waals surface area contributed by atoms with Crippen molar-refractivity contribution in [3.8, 4) is 0 Å². The van der Waals surface area contributed by atoms with Gasteiger partial charge in [0, 0.05) is 13.6 Å². The number of aromatic nitrogens is 3. The molecule has 0 radical (unpaired) electrons. The Kier molecular flexibility index (Phi) is 8.25. The molecule has 0 fully saturated rings. The quantitative estimate of drug-likeness (QED) is 0.325. The summed E-state index contributed by atoms with van der Waals surface area (Å²) in [6.07, 6.45) is 3.27. The highest BCUT2D eigenvalue weighted by Crippen LogP contribution is 2.11. The normalized spacial score (nSPS) is 12.1. The maximum absolute atomic E-state index is 4.32. The van der Waals surface area contributed by atoms with E-state index in [1.165, 1.54) is 16.7 Å². The number of guanidine groups is 1. The van der Waals surface area contributed by atoms with E-state index in [0.29, 0.717) is 13.1 Å². The zero-order valence-electron chi connectivity index (χ0n) is 15.5. The molecule has 0 bridgehead atoms. The first-order valence-electron chi connectivity index (χ1n) is 8.67. The summed E-state index contributed by atoms with van der Waals surface area (Å²) in [7, 11) is 1.79. The minimum absolute atomic E-state index is 0. The molecule has 0 aliphatic rings. The van der Waals surface area contributed by atoms with Gasteiger partial charge in [0.2, 0.25) is 0 Å². The third kappa shape index (κ3) is 6.35. The van der Waals surface area contributed by atoms with Gasteiger partial charge in [-0.25, -0.2) is 9.67 Å². The lowest BCUT2D eigenvalue weighted by atomic mass is 10.1. The first kappa shape index (κ1) is 20.9. The molecule has 2 aromatic carbocycles. The Morgan fingerprint density at radius 3 is 2.59 bits per heavy atom. The highest BCUT2D eigenvalue weighted by Gasteiger charge is 2.07. The lowest BCUT2D eigenvalue weighted by Gasteiger charge is -2.18. The van der Waals surface area contributed by atoms with Crippen molar-refractivity contribution in [3.63, 3.8) is 0 Å².